The van der Waals surface area contributed by atoms with Crippen molar-refractivity contribution in [3.05, 3.63) is 53.9 Å². The molecule has 0 radical (unpaired) electrons. The highest BCUT2D eigenvalue weighted by molar-refractivity contribution is 7.89. The summed E-state index contributed by atoms with van der Waals surface area (Å²) in [7, 11) is -3.14. The highest BCUT2D eigenvalue weighted by atomic mass is 32.2. The Morgan fingerprint density at radius 2 is 1.80 bits per heavy atom. The number of sulfonamides is 1. The van der Waals surface area contributed by atoms with E-state index in [1.807, 2.05) is 33.9 Å². The number of nitrogens with zero attached hydrogens (tertiary/aromatic N) is 5. The number of hydrogen-bond donors (Lipinski definition) is 1. The molecule has 244 valence electrons. The van der Waals surface area contributed by atoms with Crippen LogP contribution < -0.4 is 9.62 Å². The van der Waals surface area contributed by atoms with Crippen LogP contribution in [0.1, 0.15) is 69.6 Å². The summed E-state index contributed by atoms with van der Waals surface area (Å²) >= 11 is 0. The van der Waals surface area contributed by atoms with Gasteiger partial charge in [-0.2, -0.15) is 0 Å². The van der Waals surface area contributed by atoms with Crippen molar-refractivity contribution in [3.8, 4) is 11.1 Å². The molecule has 0 atom stereocenters. The molecular weight excluding hydrogens is 591 g/mol. The van der Waals surface area contributed by atoms with Gasteiger partial charge in [0.2, 0.25) is 10.0 Å². The lowest BCUT2D eigenvalue weighted by molar-refractivity contribution is -0.0338. The Bertz CT molecular complexity index is 1670. The second-order valence-corrected chi connectivity index (χ2v) is 15.9. The van der Waals surface area contributed by atoms with Gasteiger partial charge in [0.05, 0.1) is 28.7 Å². The summed E-state index contributed by atoms with van der Waals surface area (Å²) in [6, 6.07) is 6.75. The molecule has 45 heavy (non-hydrogen) atoms. The van der Waals surface area contributed by atoms with Gasteiger partial charge in [-0.05, 0) is 90.0 Å². The lowest BCUT2D eigenvalue weighted by atomic mass is 9.72. The third kappa shape index (κ3) is 6.36. The van der Waals surface area contributed by atoms with E-state index in [9.17, 15) is 17.6 Å². The van der Waals surface area contributed by atoms with Crippen LogP contribution in [0.25, 0.3) is 16.6 Å². The maximum Gasteiger partial charge on any atom is 0.254 e. The van der Waals surface area contributed by atoms with Gasteiger partial charge in [-0.1, -0.05) is 6.07 Å². The van der Waals surface area contributed by atoms with Crippen LogP contribution in [0.5, 0.6) is 0 Å². The number of aryl methyl sites for hydroxylation is 1. The summed E-state index contributed by atoms with van der Waals surface area (Å²) in [4.78, 5) is 25.0. The fourth-order valence-electron chi connectivity index (χ4n) is 7.76. The van der Waals surface area contributed by atoms with Gasteiger partial charge < -0.3 is 19.1 Å². The standard InChI is InChI=1S/C34H47FN6O3S/c1-6-40(23(3)4)33(42)31-14-26(35)10-13-29(31)30-15-28(18-41-24(5)36-16-32(30)41)39-21-34(22-39)19-38(20-34)17-25-8-11-27(12-9-25)37-45(43,44)7-2/h10,13-16,18,23,25,27,37H,6-9,11-12,17,19-22H2,1-5H3. The summed E-state index contributed by atoms with van der Waals surface area (Å²) in [5, 5.41) is 0. The molecular formula is C34H47FN6O3S. The number of fused-ring (bicyclic) bond motifs is 1. The van der Waals surface area contributed by atoms with Gasteiger partial charge in [-0.15, -0.1) is 0 Å². The Morgan fingerprint density at radius 3 is 2.44 bits per heavy atom. The maximum atomic E-state index is 14.6. The van der Waals surface area contributed by atoms with Gasteiger partial charge in [0.15, 0.2) is 0 Å². The number of aromatic nitrogens is 2. The summed E-state index contributed by atoms with van der Waals surface area (Å²) in [5.41, 5.74) is 4.23. The number of imidazole rings is 1. The van der Waals surface area contributed by atoms with Crippen molar-refractivity contribution in [2.75, 3.05) is 49.9 Å². The number of halogens is 1. The summed E-state index contributed by atoms with van der Waals surface area (Å²) in [6.45, 7) is 15.3. The zero-order valence-electron chi connectivity index (χ0n) is 27.2. The molecule has 0 unspecified atom stereocenters. The van der Waals surface area contributed by atoms with Crippen LogP contribution >= 0.6 is 0 Å². The molecule has 11 heteroatoms. The molecule has 2 aromatic heterocycles. The van der Waals surface area contributed by atoms with E-state index in [1.165, 1.54) is 12.1 Å². The van der Waals surface area contributed by atoms with Gasteiger partial charge in [0, 0.05) is 68.5 Å². The molecule has 3 fully saturated rings. The van der Waals surface area contributed by atoms with E-state index in [-0.39, 0.29) is 23.7 Å². The van der Waals surface area contributed by atoms with Crippen LogP contribution in [0.2, 0.25) is 0 Å². The number of rotatable bonds is 10. The Labute approximate surface area is 266 Å². The van der Waals surface area contributed by atoms with Gasteiger partial charge in [0.25, 0.3) is 5.91 Å². The Kier molecular flexibility index (Phi) is 8.73. The molecule has 0 bridgehead atoms. The second kappa shape index (κ2) is 12.3. The van der Waals surface area contributed by atoms with Crippen molar-refractivity contribution in [2.45, 2.75) is 72.4 Å². The molecule has 9 nitrogen and oxygen atoms in total. The lowest BCUT2D eigenvalue weighted by Crippen LogP contribution is -2.72. The number of likely N-dealkylation sites (tertiary alicyclic amines) is 1. The lowest BCUT2D eigenvalue weighted by Gasteiger charge is -2.61. The fraction of sp³-hybridized carbons (Fsp3) is 0.588. The minimum Gasteiger partial charge on any atom is -0.369 e. The average Bonchev–Trinajstić information content (AvgIpc) is 3.34. The van der Waals surface area contributed by atoms with E-state index in [4.69, 9.17) is 0 Å². The first kappa shape index (κ1) is 31.9. The van der Waals surface area contributed by atoms with Crippen molar-refractivity contribution in [1.82, 2.24) is 23.9 Å². The average molecular weight is 639 g/mol. The molecule has 3 aromatic rings. The van der Waals surface area contributed by atoms with E-state index in [0.29, 0.717) is 23.4 Å². The first-order valence-corrected chi connectivity index (χ1v) is 18.1. The van der Waals surface area contributed by atoms with Crippen LogP contribution in [-0.2, 0) is 10.0 Å². The first-order valence-electron chi connectivity index (χ1n) is 16.5. The van der Waals surface area contributed by atoms with Crippen molar-refractivity contribution in [2.24, 2.45) is 11.3 Å². The van der Waals surface area contributed by atoms with Crippen molar-refractivity contribution < 1.29 is 17.6 Å². The first-order chi connectivity index (χ1) is 21.4. The Balaban J connectivity index is 1.14. The third-order valence-corrected chi connectivity index (χ3v) is 11.6. The summed E-state index contributed by atoms with van der Waals surface area (Å²) in [6.07, 6.45) is 7.95. The second-order valence-electron chi connectivity index (χ2n) is 13.8. The van der Waals surface area contributed by atoms with Gasteiger partial charge >= 0.3 is 0 Å². The number of hydrogen-bond acceptors (Lipinski definition) is 6. The van der Waals surface area contributed by atoms with E-state index in [1.54, 1.807) is 17.9 Å². The smallest absolute Gasteiger partial charge is 0.254 e. The molecule has 1 aliphatic carbocycles. The Hall–Kier alpha value is -3.02. The van der Waals surface area contributed by atoms with Gasteiger partial charge in [-0.3, -0.25) is 4.79 Å². The van der Waals surface area contributed by atoms with Crippen LogP contribution in [-0.4, -0.2) is 90.6 Å². The molecule has 3 aliphatic rings. The molecule has 2 saturated heterocycles. The van der Waals surface area contributed by atoms with Crippen molar-refractivity contribution >= 4 is 27.1 Å². The quantitative estimate of drug-likeness (QED) is 0.339. The monoisotopic (exact) mass is 638 g/mol. The van der Waals surface area contributed by atoms with Crippen LogP contribution in [0.4, 0.5) is 10.1 Å². The Morgan fingerprint density at radius 1 is 1.09 bits per heavy atom. The van der Waals surface area contributed by atoms with Crippen molar-refractivity contribution in [3.63, 3.8) is 0 Å². The molecule has 4 heterocycles. The van der Waals surface area contributed by atoms with Gasteiger partial charge in [0.1, 0.15) is 11.6 Å². The number of anilines is 1. The number of carbonyl (C=O) groups excluding carboxylic acids is 1. The highest BCUT2D eigenvalue weighted by Crippen LogP contribution is 2.44. The van der Waals surface area contributed by atoms with Crippen LogP contribution in [0.3, 0.4) is 0 Å². The molecule has 1 N–H and O–H groups in total. The molecule has 6 rings (SSSR count). The maximum absolute atomic E-state index is 14.6. The largest absolute Gasteiger partial charge is 0.369 e. The molecule has 2 aliphatic heterocycles. The normalized spacial score (nSPS) is 21.7. The number of pyridine rings is 1. The highest BCUT2D eigenvalue weighted by Gasteiger charge is 2.52. The fourth-order valence-corrected chi connectivity index (χ4v) is 8.67. The minimum absolute atomic E-state index is 0.00171. The summed E-state index contributed by atoms with van der Waals surface area (Å²) < 4.78 is 43.4. The zero-order chi connectivity index (χ0) is 32.1. The number of carbonyl (C=O) groups is 1. The predicted octanol–water partition coefficient (Wildman–Crippen LogP) is 4.94. The van der Waals surface area contributed by atoms with Crippen LogP contribution in [0.15, 0.2) is 36.7 Å². The number of amides is 1. The van der Waals surface area contributed by atoms with Crippen LogP contribution in [0, 0.1) is 24.1 Å². The summed E-state index contributed by atoms with van der Waals surface area (Å²) in [5.74, 6) is 1.03. The van der Waals surface area contributed by atoms with E-state index < -0.39 is 15.8 Å². The third-order valence-electron chi connectivity index (χ3n) is 10.2. The molecule has 1 spiro atoms. The van der Waals surface area contributed by atoms with Crippen molar-refractivity contribution in [1.29, 1.82) is 0 Å². The molecule has 1 amide bonds. The number of nitrogens with one attached hydrogen (secondary N) is 1. The number of benzene rings is 1. The zero-order valence-corrected chi connectivity index (χ0v) is 28.0. The SMILES string of the molecule is CCN(C(=O)c1cc(F)ccc1-c1cc(N2CC3(CN(CC4CCC(NS(=O)(=O)CC)CC4)C3)C2)cn2c(C)ncc12)C(C)C. The molecule has 1 aromatic carbocycles. The van der Waals surface area contributed by atoms with Gasteiger partial charge in [-0.25, -0.2) is 22.5 Å². The van der Waals surface area contributed by atoms with E-state index in [0.717, 1.165) is 86.6 Å². The predicted molar refractivity (Wildman–Crippen MR) is 177 cm³/mol. The minimum atomic E-state index is -3.14. The van der Waals surface area contributed by atoms with E-state index >= 15 is 0 Å². The topological polar surface area (TPSA) is 90.3 Å². The molecule has 1 saturated carbocycles. The van der Waals surface area contributed by atoms with E-state index in [2.05, 4.69) is 36.2 Å².